The van der Waals surface area contributed by atoms with Crippen molar-refractivity contribution in [2.75, 3.05) is 25.7 Å². The summed E-state index contributed by atoms with van der Waals surface area (Å²) in [5, 5.41) is 5.64. The van der Waals surface area contributed by atoms with Gasteiger partial charge in [-0.15, -0.1) is 11.3 Å². The SMILES string of the molecule is CN(C)S(=O)(=O)c1ccc(-c2csc(Nc3ccc(S(C)(=O)=O)cc3)n2)cc1. The molecule has 3 rings (SSSR count). The number of benzene rings is 2. The van der Waals surface area contributed by atoms with Crippen LogP contribution in [-0.2, 0) is 19.9 Å². The fraction of sp³-hybridized carbons (Fsp3) is 0.167. The summed E-state index contributed by atoms with van der Waals surface area (Å²) in [6.07, 6.45) is 1.16. The lowest BCUT2D eigenvalue weighted by molar-refractivity contribution is 0.521. The molecule has 10 heteroatoms. The van der Waals surface area contributed by atoms with Gasteiger partial charge in [0.1, 0.15) is 0 Å². The van der Waals surface area contributed by atoms with Gasteiger partial charge in [0.25, 0.3) is 0 Å². The van der Waals surface area contributed by atoms with Gasteiger partial charge in [-0.05, 0) is 36.4 Å². The summed E-state index contributed by atoms with van der Waals surface area (Å²) in [5.41, 5.74) is 2.24. The lowest BCUT2D eigenvalue weighted by Gasteiger charge is -2.11. The van der Waals surface area contributed by atoms with Gasteiger partial charge in [0.15, 0.2) is 15.0 Å². The standard InChI is InChI=1S/C18H19N3O4S3/c1-21(2)28(24,25)16-8-4-13(5-9-16)17-12-26-18(20-17)19-14-6-10-15(11-7-14)27(3,22)23/h4-12H,1-3H3,(H,19,20). The van der Waals surface area contributed by atoms with E-state index >= 15 is 0 Å². The van der Waals surface area contributed by atoms with Gasteiger partial charge in [0, 0.05) is 37.0 Å². The highest BCUT2D eigenvalue weighted by Crippen LogP contribution is 2.28. The largest absolute Gasteiger partial charge is 0.332 e. The first kappa shape index (κ1) is 20.5. The highest BCUT2D eigenvalue weighted by molar-refractivity contribution is 7.90. The monoisotopic (exact) mass is 437 g/mol. The second kappa shape index (κ2) is 7.63. The molecular formula is C18H19N3O4S3. The van der Waals surface area contributed by atoms with E-state index in [-0.39, 0.29) is 9.79 Å². The minimum Gasteiger partial charge on any atom is -0.332 e. The molecule has 0 atom stereocenters. The number of anilines is 2. The third kappa shape index (κ3) is 4.41. The quantitative estimate of drug-likeness (QED) is 0.636. The molecule has 1 aromatic heterocycles. The van der Waals surface area contributed by atoms with Crippen molar-refractivity contribution >= 4 is 42.0 Å². The Hall–Kier alpha value is -2.27. The molecule has 0 aliphatic heterocycles. The van der Waals surface area contributed by atoms with Crippen LogP contribution in [0.3, 0.4) is 0 Å². The zero-order valence-electron chi connectivity index (χ0n) is 15.4. The second-order valence-electron chi connectivity index (χ2n) is 6.27. The van der Waals surface area contributed by atoms with Crippen LogP contribution < -0.4 is 5.32 Å². The maximum Gasteiger partial charge on any atom is 0.242 e. The Morgan fingerprint density at radius 3 is 2.00 bits per heavy atom. The first-order chi connectivity index (χ1) is 13.1. The minimum absolute atomic E-state index is 0.223. The van der Waals surface area contributed by atoms with Gasteiger partial charge in [-0.2, -0.15) is 0 Å². The molecule has 0 unspecified atom stereocenters. The molecule has 1 N–H and O–H groups in total. The molecule has 0 amide bonds. The van der Waals surface area contributed by atoms with Crippen LogP contribution in [0.25, 0.3) is 11.3 Å². The third-order valence-corrected chi connectivity index (χ3v) is 7.68. The molecule has 0 radical (unpaired) electrons. The highest BCUT2D eigenvalue weighted by Gasteiger charge is 2.17. The Morgan fingerprint density at radius 2 is 1.46 bits per heavy atom. The van der Waals surface area contributed by atoms with E-state index in [0.29, 0.717) is 10.8 Å². The van der Waals surface area contributed by atoms with Gasteiger partial charge in [-0.1, -0.05) is 12.1 Å². The van der Waals surface area contributed by atoms with Crippen molar-refractivity contribution in [2.24, 2.45) is 0 Å². The van der Waals surface area contributed by atoms with Crippen molar-refractivity contribution in [3.63, 3.8) is 0 Å². The zero-order chi connectivity index (χ0) is 20.5. The van der Waals surface area contributed by atoms with E-state index in [1.807, 2.05) is 5.38 Å². The van der Waals surface area contributed by atoms with Gasteiger partial charge in [0.05, 0.1) is 15.5 Å². The molecule has 0 aliphatic rings. The van der Waals surface area contributed by atoms with Crippen LogP contribution in [0, 0.1) is 0 Å². The molecule has 2 aromatic carbocycles. The lowest BCUT2D eigenvalue weighted by Crippen LogP contribution is -2.22. The van der Waals surface area contributed by atoms with Gasteiger partial charge in [0.2, 0.25) is 10.0 Å². The number of nitrogens with zero attached hydrogens (tertiary/aromatic N) is 2. The first-order valence-corrected chi connectivity index (χ1v) is 12.3. The lowest BCUT2D eigenvalue weighted by atomic mass is 10.2. The minimum atomic E-state index is -3.47. The average Bonchev–Trinajstić information content (AvgIpc) is 3.10. The number of hydrogen-bond donors (Lipinski definition) is 1. The summed E-state index contributed by atoms with van der Waals surface area (Å²) in [5.74, 6) is 0. The molecule has 7 nitrogen and oxygen atoms in total. The molecule has 0 fully saturated rings. The van der Waals surface area contributed by atoms with Crippen LogP contribution in [0.2, 0.25) is 0 Å². The van der Waals surface area contributed by atoms with E-state index < -0.39 is 19.9 Å². The van der Waals surface area contributed by atoms with Crippen LogP contribution in [-0.4, -0.2) is 46.5 Å². The number of thiazole rings is 1. The number of hydrogen-bond acceptors (Lipinski definition) is 7. The predicted molar refractivity (Wildman–Crippen MR) is 111 cm³/mol. The van der Waals surface area contributed by atoms with Crippen LogP contribution in [0.5, 0.6) is 0 Å². The normalized spacial score (nSPS) is 12.3. The summed E-state index contributed by atoms with van der Waals surface area (Å²) in [4.78, 5) is 4.98. The molecule has 148 valence electrons. The average molecular weight is 438 g/mol. The van der Waals surface area contributed by atoms with E-state index in [1.165, 1.54) is 41.9 Å². The summed E-state index contributed by atoms with van der Waals surface area (Å²) >= 11 is 1.40. The predicted octanol–water partition coefficient (Wildman–Crippen LogP) is 3.21. The maximum absolute atomic E-state index is 12.1. The Kier molecular flexibility index (Phi) is 5.57. The topological polar surface area (TPSA) is 96.4 Å². The molecule has 1 heterocycles. The fourth-order valence-corrected chi connectivity index (χ4v) is 4.65. The van der Waals surface area contributed by atoms with Crippen molar-refractivity contribution in [1.29, 1.82) is 0 Å². The number of sulfonamides is 1. The van der Waals surface area contributed by atoms with Crippen LogP contribution in [0.4, 0.5) is 10.8 Å². The number of sulfone groups is 1. The summed E-state index contributed by atoms with van der Waals surface area (Å²) < 4.78 is 48.5. The molecule has 0 saturated heterocycles. The van der Waals surface area contributed by atoms with Crippen molar-refractivity contribution < 1.29 is 16.8 Å². The number of rotatable bonds is 6. The summed E-state index contributed by atoms with van der Waals surface area (Å²) in [6, 6.07) is 13.0. The van der Waals surface area contributed by atoms with Gasteiger partial charge < -0.3 is 5.32 Å². The Labute approximate surface area is 168 Å². The van der Waals surface area contributed by atoms with Gasteiger partial charge in [-0.25, -0.2) is 26.1 Å². The molecular weight excluding hydrogens is 418 g/mol. The van der Waals surface area contributed by atoms with E-state index in [0.717, 1.165) is 17.5 Å². The second-order valence-corrected chi connectivity index (χ2v) is 11.3. The number of nitrogens with one attached hydrogen (secondary N) is 1. The molecule has 28 heavy (non-hydrogen) atoms. The molecule has 0 bridgehead atoms. The van der Waals surface area contributed by atoms with Gasteiger partial charge >= 0.3 is 0 Å². The van der Waals surface area contributed by atoms with E-state index in [1.54, 1.807) is 36.4 Å². The highest BCUT2D eigenvalue weighted by atomic mass is 32.2. The van der Waals surface area contributed by atoms with E-state index in [4.69, 9.17) is 0 Å². The smallest absolute Gasteiger partial charge is 0.242 e. The Morgan fingerprint density at radius 1 is 0.893 bits per heavy atom. The Balaban J connectivity index is 1.77. The third-order valence-electron chi connectivity index (χ3n) is 3.97. The molecule has 0 aliphatic carbocycles. The van der Waals surface area contributed by atoms with Crippen molar-refractivity contribution in [1.82, 2.24) is 9.29 Å². The molecule has 0 spiro atoms. The van der Waals surface area contributed by atoms with Crippen LogP contribution in [0.15, 0.2) is 63.7 Å². The van der Waals surface area contributed by atoms with Gasteiger partial charge in [-0.3, -0.25) is 0 Å². The van der Waals surface area contributed by atoms with Crippen LogP contribution in [0.1, 0.15) is 0 Å². The van der Waals surface area contributed by atoms with Crippen molar-refractivity contribution in [3.8, 4) is 11.3 Å². The summed E-state index contributed by atoms with van der Waals surface area (Å²) in [6.45, 7) is 0. The van der Waals surface area contributed by atoms with E-state index in [9.17, 15) is 16.8 Å². The van der Waals surface area contributed by atoms with E-state index in [2.05, 4.69) is 10.3 Å². The molecule has 0 saturated carbocycles. The molecule has 3 aromatic rings. The number of aromatic nitrogens is 1. The zero-order valence-corrected chi connectivity index (χ0v) is 17.9. The van der Waals surface area contributed by atoms with Crippen molar-refractivity contribution in [2.45, 2.75) is 9.79 Å². The first-order valence-electron chi connectivity index (χ1n) is 8.13. The summed E-state index contributed by atoms with van der Waals surface area (Å²) in [7, 11) is -3.72. The Bertz CT molecular complexity index is 1180. The maximum atomic E-state index is 12.1. The van der Waals surface area contributed by atoms with Crippen LogP contribution >= 0.6 is 11.3 Å². The fourth-order valence-electron chi connectivity index (χ4n) is 2.38. The van der Waals surface area contributed by atoms with Crippen molar-refractivity contribution in [3.05, 3.63) is 53.9 Å².